The summed E-state index contributed by atoms with van der Waals surface area (Å²) in [5, 5.41) is 13.1. The van der Waals surface area contributed by atoms with Crippen LogP contribution in [0.25, 0.3) is 6.08 Å². The molecule has 5 rings (SSSR count). The van der Waals surface area contributed by atoms with Gasteiger partial charge in [0.2, 0.25) is 0 Å². The first-order valence-corrected chi connectivity index (χ1v) is 14.8. The van der Waals surface area contributed by atoms with Crippen molar-refractivity contribution in [1.82, 2.24) is 4.98 Å². The van der Waals surface area contributed by atoms with Crippen molar-refractivity contribution in [2.75, 3.05) is 23.4 Å². The number of pyridine rings is 1. The molecule has 1 amide bonds. The third-order valence-electron chi connectivity index (χ3n) is 7.22. The summed E-state index contributed by atoms with van der Waals surface area (Å²) in [4.78, 5) is 44.2. The van der Waals surface area contributed by atoms with Crippen molar-refractivity contribution in [1.29, 1.82) is 0 Å². The minimum atomic E-state index is -1.04. The van der Waals surface area contributed by atoms with E-state index in [0.29, 0.717) is 29.1 Å². The number of amides is 1. The van der Waals surface area contributed by atoms with Crippen LogP contribution in [0.5, 0.6) is 5.75 Å². The third kappa shape index (κ3) is 8.54. The molecule has 230 valence electrons. The quantitative estimate of drug-likeness (QED) is 0.108. The number of aliphatic carboxylic acids is 1. The maximum absolute atomic E-state index is 13.1. The number of aromatic nitrogens is 1. The number of carboxylic acids is 1. The summed E-state index contributed by atoms with van der Waals surface area (Å²) in [5.41, 5.74) is 3.74. The van der Waals surface area contributed by atoms with Crippen LogP contribution in [0, 0.1) is 0 Å². The number of para-hydroxylation sites is 2. The summed E-state index contributed by atoms with van der Waals surface area (Å²) in [6.45, 7) is 0.556. The lowest BCUT2D eigenvalue weighted by Crippen LogP contribution is -2.33. The van der Waals surface area contributed by atoms with Gasteiger partial charge in [-0.15, -0.1) is 0 Å². The number of benzene rings is 4. The summed E-state index contributed by atoms with van der Waals surface area (Å²) in [7, 11) is 0. The Balaban J connectivity index is 1.21. The average molecular weight is 612 g/mol. The Morgan fingerprint density at radius 3 is 2.22 bits per heavy atom. The van der Waals surface area contributed by atoms with Gasteiger partial charge in [0.05, 0.1) is 6.54 Å². The van der Waals surface area contributed by atoms with Gasteiger partial charge in [0, 0.05) is 47.4 Å². The molecular formula is C38H33N3O5. The molecule has 0 saturated heterocycles. The fourth-order valence-corrected chi connectivity index (χ4v) is 4.86. The largest absolute Gasteiger partial charge is 0.492 e. The number of ether oxygens (including phenoxy) is 1. The van der Waals surface area contributed by atoms with E-state index in [-0.39, 0.29) is 24.7 Å². The van der Waals surface area contributed by atoms with Crippen LogP contribution >= 0.6 is 0 Å². The number of rotatable bonds is 14. The van der Waals surface area contributed by atoms with Gasteiger partial charge < -0.3 is 20.1 Å². The van der Waals surface area contributed by atoms with Crippen molar-refractivity contribution in [3.8, 4) is 5.75 Å². The number of ketones is 1. The van der Waals surface area contributed by atoms with Crippen molar-refractivity contribution in [2.45, 2.75) is 12.5 Å². The molecule has 1 atom stereocenters. The molecule has 1 aromatic heterocycles. The average Bonchev–Trinajstić information content (AvgIpc) is 3.10. The summed E-state index contributed by atoms with van der Waals surface area (Å²) in [6.07, 6.45) is 6.79. The Morgan fingerprint density at radius 1 is 0.826 bits per heavy atom. The van der Waals surface area contributed by atoms with E-state index in [1.54, 1.807) is 84.0 Å². The Morgan fingerprint density at radius 2 is 1.52 bits per heavy atom. The molecule has 5 aromatic rings. The monoisotopic (exact) mass is 611 g/mol. The molecular weight excluding hydrogens is 578 g/mol. The van der Waals surface area contributed by atoms with Crippen LogP contribution in [0.2, 0.25) is 0 Å². The summed E-state index contributed by atoms with van der Waals surface area (Å²) in [5.74, 6) is -0.820. The zero-order valence-corrected chi connectivity index (χ0v) is 25.0. The molecule has 0 fully saturated rings. The Kier molecular flexibility index (Phi) is 10.7. The standard InChI is InChI=1S/C38H33N3O5/c42-36(22-19-29-10-9-23-39-27-29)41(31-13-5-2-6-14-31)24-25-46-32-20-17-28(18-21-32)26-35(38(44)45)40-34-16-8-7-15-33(34)37(43)30-11-3-1-4-12-30/h1-23,27,35,40H,24-26H2,(H,44,45)/t35-/m0/s1. The van der Waals surface area contributed by atoms with Gasteiger partial charge in [-0.3, -0.25) is 14.6 Å². The molecule has 0 aliphatic carbocycles. The van der Waals surface area contributed by atoms with Crippen molar-refractivity contribution < 1.29 is 24.2 Å². The van der Waals surface area contributed by atoms with E-state index < -0.39 is 12.0 Å². The van der Waals surface area contributed by atoms with Gasteiger partial charge in [-0.2, -0.15) is 0 Å². The van der Waals surface area contributed by atoms with E-state index in [4.69, 9.17) is 4.74 Å². The number of carbonyl (C=O) groups is 3. The minimum Gasteiger partial charge on any atom is -0.492 e. The highest BCUT2D eigenvalue weighted by molar-refractivity contribution is 6.12. The second kappa shape index (κ2) is 15.6. The topological polar surface area (TPSA) is 109 Å². The van der Waals surface area contributed by atoms with Gasteiger partial charge >= 0.3 is 5.97 Å². The van der Waals surface area contributed by atoms with E-state index in [0.717, 1.165) is 16.8 Å². The lowest BCUT2D eigenvalue weighted by atomic mass is 10.00. The molecule has 0 saturated carbocycles. The zero-order valence-electron chi connectivity index (χ0n) is 25.0. The molecule has 0 radical (unpaired) electrons. The lowest BCUT2D eigenvalue weighted by Gasteiger charge is -2.22. The van der Waals surface area contributed by atoms with Crippen LogP contribution in [0.15, 0.2) is 140 Å². The Bertz CT molecular complexity index is 1780. The Hall–Kier alpha value is -6.02. The van der Waals surface area contributed by atoms with Gasteiger partial charge in [0.1, 0.15) is 18.4 Å². The smallest absolute Gasteiger partial charge is 0.326 e. The SMILES string of the molecule is O=C(c1ccccc1)c1ccccc1N[C@@H](Cc1ccc(OCCN(C(=O)C=Cc2cccnc2)c2ccccc2)cc1)C(=O)O. The van der Waals surface area contributed by atoms with Crippen LogP contribution in [0.4, 0.5) is 11.4 Å². The minimum absolute atomic E-state index is 0.184. The first-order chi connectivity index (χ1) is 22.5. The number of carboxylic acid groups (broad SMARTS) is 1. The first-order valence-electron chi connectivity index (χ1n) is 14.8. The first kappa shape index (κ1) is 31.4. The molecule has 8 nitrogen and oxygen atoms in total. The fourth-order valence-electron chi connectivity index (χ4n) is 4.86. The highest BCUT2D eigenvalue weighted by Crippen LogP contribution is 2.22. The van der Waals surface area contributed by atoms with Gasteiger partial charge in [-0.05, 0) is 59.7 Å². The predicted molar refractivity (Wildman–Crippen MR) is 179 cm³/mol. The van der Waals surface area contributed by atoms with E-state index in [1.165, 1.54) is 6.08 Å². The van der Waals surface area contributed by atoms with Gasteiger partial charge in [-0.25, -0.2) is 4.79 Å². The summed E-state index contributed by atoms with van der Waals surface area (Å²) >= 11 is 0. The van der Waals surface area contributed by atoms with Crippen molar-refractivity contribution >= 4 is 35.1 Å². The highest BCUT2D eigenvalue weighted by atomic mass is 16.5. The lowest BCUT2D eigenvalue weighted by molar-refractivity contribution is -0.137. The molecule has 0 spiro atoms. The van der Waals surface area contributed by atoms with Crippen molar-refractivity contribution in [2.24, 2.45) is 0 Å². The van der Waals surface area contributed by atoms with E-state index in [9.17, 15) is 19.5 Å². The molecule has 0 aliphatic rings. The van der Waals surface area contributed by atoms with Crippen LogP contribution < -0.4 is 15.0 Å². The van der Waals surface area contributed by atoms with Crippen LogP contribution in [0.3, 0.4) is 0 Å². The maximum atomic E-state index is 13.1. The Labute approximate surface area is 267 Å². The van der Waals surface area contributed by atoms with Gasteiger partial charge in [0.25, 0.3) is 5.91 Å². The second-order valence-electron chi connectivity index (χ2n) is 10.4. The summed E-state index contributed by atoms with van der Waals surface area (Å²) in [6, 6.07) is 35.1. The van der Waals surface area contributed by atoms with E-state index in [1.807, 2.05) is 60.7 Å². The maximum Gasteiger partial charge on any atom is 0.326 e. The number of nitrogens with one attached hydrogen (secondary N) is 1. The number of nitrogens with zero attached hydrogens (tertiary/aromatic N) is 2. The van der Waals surface area contributed by atoms with E-state index >= 15 is 0 Å². The number of hydrogen-bond acceptors (Lipinski definition) is 6. The van der Waals surface area contributed by atoms with E-state index in [2.05, 4.69) is 10.3 Å². The molecule has 1 heterocycles. The number of carbonyl (C=O) groups excluding carboxylic acids is 2. The van der Waals surface area contributed by atoms with Gasteiger partial charge in [0.15, 0.2) is 5.78 Å². The molecule has 2 N–H and O–H groups in total. The molecule has 8 heteroatoms. The molecule has 0 bridgehead atoms. The highest BCUT2D eigenvalue weighted by Gasteiger charge is 2.21. The van der Waals surface area contributed by atoms with Crippen LogP contribution in [-0.2, 0) is 16.0 Å². The van der Waals surface area contributed by atoms with Gasteiger partial charge in [-0.1, -0.05) is 78.9 Å². The van der Waals surface area contributed by atoms with Crippen molar-refractivity contribution in [3.05, 3.63) is 162 Å². The fraction of sp³-hybridized carbons (Fsp3) is 0.105. The predicted octanol–water partition coefficient (Wildman–Crippen LogP) is 6.55. The third-order valence-corrected chi connectivity index (χ3v) is 7.22. The van der Waals surface area contributed by atoms with Crippen molar-refractivity contribution in [3.63, 3.8) is 0 Å². The normalized spacial score (nSPS) is 11.5. The number of anilines is 2. The van der Waals surface area contributed by atoms with Crippen LogP contribution in [-0.4, -0.2) is 46.9 Å². The number of hydrogen-bond donors (Lipinski definition) is 2. The molecule has 0 aliphatic heterocycles. The second-order valence-corrected chi connectivity index (χ2v) is 10.4. The molecule has 46 heavy (non-hydrogen) atoms. The zero-order chi connectivity index (χ0) is 32.1. The molecule has 4 aromatic carbocycles. The summed E-state index contributed by atoms with van der Waals surface area (Å²) < 4.78 is 5.96. The molecule has 0 unspecified atom stereocenters. The van der Waals surface area contributed by atoms with Crippen LogP contribution in [0.1, 0.15) is 27.0 Å².